The maximum absolute atomic E-state index is 12.1. The van der Waals surface area contributed by atoms with Crippen LogP contribution in [0.1, 0.15) is 13.8 Å². The number of aromatic nitrogens is 2. The van der Waals surface area contributed by atoms with E-state index in [1.165, 1.54) is 11.8 Å². The number of urea groups is 1. The van der Waals surface area contributed by atoms with Gasteiger partial charge in [-0.05, 0) is 30.2 Å². The van der Waals surface area contributed by atoms with Gasteiger partial charge in [-0.25, -0.2) is 9.78 Å². The second-order valence-corrected chi connectivity index (χ2v) is 6.74. The molecule has 1 aromatic heterocycles. The zero-order chi connectivity index (χ0) is 17.0. The summed E-state index contributed by atoms with van der Waals surface area (Å²) in [6.07, 6.45) is 3.45. The van der Waals surface area contributed by atoms with E-state index in [1.807, 2.05) is 30.5 Å². The highest BCUT2D eigenvalue weighted by molar-refractivity contribution is 8.00. The smallest absolute Gasteiger partial charge is 0.318 e. The first-order valence-corrected chi connectivity index (χ1v) is 8.20. The number of imide groups is 1. The highest BCUT2D eigenvalue weighted by Crippen LogP contribution is 2.29. The summed E-state index contributed by atoms with van der Waals surface area (Å²) in [5.41, 5.74) is 5.91. The number of hydrogen-bond donors (Lipinski definition) is 2. The van der Waals surface area contributed by atoms with Gasteiger partial charge in [-0.1, -0.05) is 37.2 Å². The molecule has 2 rings (SSSR count). The zero-order valence-corrected chi connectivity index (χ0v) is 14.3. The van der Waals surface area contributed by atoms with Crippen molar-refractivity contribution in [3.05, 3.63) is 41.7 Å². The Kier molecular flexibility index (Phi) is 5.68. The van der Waals surface area contributed by atoms with Gasteiger partial charge in [0, 0.05) is 23.1 Å². The average molecular weight is 353 g/mol. The fraction of sp³-hybridized carbons (Fsp3) is 0.267. The summed E-state index contributed by atoms with van der Waals surface area (Å²) in [5.74, 6) is -0.433. The number of thioether (sulfide) groups is 1. The number of imidazole rings is 1. The number of carbonyl (C=O) groups is 2. The Morgan fingerprint density at radius 1 is 1.30 bits per heavy atom. The van der Waals surface area contributed by atoms with Crippen LogP contribution in [0.25, 0.3) is 5.69 Å². The molecule has 1 aromatic carbocycles. The molecule has 3 amide bonds. The highest BCUT2D eigenvalue weighted by Gasteiger charge is 2.26. The maximum atomic E-state index is 12.1. The third kappa shape index (κ3) is 4.49. The van der Waals surface area contributed by atoms with E-state index in [2.05, 4.69) is 10.3 Å². The molecule has 6 nitrogen and oxygen atoms in total. The van der Waals surface area contributed by atoms with Crippen LogP contribution < -0.4 is 11.1 Å². The number of amides is 3. The summed E-state index contributed by atoms with van der Waals surface area (Å²) < 4.78 is 1.86. The van der Waals surface area contributed by atoms with E-state index in [0.717, 1.165) is 5.69 Å². The fourth-order valence-corrected chi connectivity index (χ4v) is 3.17. The number of carbonyl (C=O) groups excluding carboxylic acids is 2. The van der Waals surface area contributed by atoms with Crippen LogP contribution in [0.15, 0.2) is 41.8 Å². The standard InChI is InChI=1S/C15H17ClN4O2S/c1-9(2)12(13(21)19-14(17)22)23-15-18-7-8-20(15)11-5-3-10(16)4-6-11/h3-9,12H,1-2H3,(H3,17,19,21,22)/t12-/m0/s1. The van der Waals surface area contributed by atoms with Crippen LogP contribution in [-0.4, -0.2) is 26.7 Å². The van der Waals surface area contributed by atoms with Gasteiger partial charge in [0.2, 0.25) is 5.91 Å². The minimum Gasteiger partial charge on any atom is -0.351 e. The van der Waals surface area contributed by atoms with Crippen LogP contribution in [0, 0.1) is 5.92 Å². The molecule has 122 valence electrons. The predicted molar refractivity (Wildman–Crippen MR) is 90.8 cm³/mol. The quantitative estimate of drug-likeness (QED) is 0.809. The monoisotopic (exact) mass is 352 g/mol. The molecule has 0 aliphatic carbocycles. The van der Waals surface area contributed by atoms with Gasteiger partial charge < -0.3 is 5.73 Å². The molecule has 1 heterocycles. The molecule has 0 fully saturated rings. The minimum atomic E-state index is -0.859. The average Bonchev–Trinajstić information content (AvgIpc) is 2.92. The van der Waals surface area contributed by atoms with Gasteiger partial charge in [0.15, 0.2) is 5.16 Å². The first kappa shape index (κ1) is 17.4. The Morgan fingerprint density at radius 3 is 2.52 bits per heavy atom. The molecular weight excluding hydrogens is 336 g/mol. The van der Waals surface area contributed by atoms with Crippen LogP contribution in [0.4, 0.5) is 4.79 Å². The molecule has 1 atom stereocenters. The molecule has 0 saturated heterocycles. The Balaban J connectivity index is 2.25. The molecule has 8 heteroatoms. The molecule has 2 aromatic rings. The van der Waals surface area contributed by atoms with Crippen LogP contribution >= 0.6 is 23.4 Å². The van der Waals surface area contributed by atoms with E-state index >= 15 is 0 Å². The Morgan fingerprint density at radius 2 is 1.96 bits per heavy atom. The summed E-state index contributed by atoms with van der Waals surface area (Å²) in [6.45, 7) is 3.79. The van der Waals surface area contributed by atoms with E-state index in [1.54, 1.807) is 24.5 Å². The number of benzene rings is 1. The van der Waals surface area contributed by atoms with Gasteiger partial charge in [-0.15, -0.1) is 0 Å². The highest BCUT2D eigenvalue weighted by atomic mass is 35.5. The van der Waals surface area contributed by atoms with Gasteiger partial charge in [-0.3, -0.25) is 14.7 Å². The zero-order valence-electron chi connectivity index (χ0n) is 12.7. The van der Waals surface area contributed by atoms with Crippen molar-refractivity contribution >= 4 is 35.3 Å². The van der Waals surface area contributed by atoms with Crippen molar-refractivity contribution in [2.45, 2.75) is 24.3 Å². The lowest BCUT2D eigenvalue weighted by molar-refractivity contribution is -0.120. The molecule has 23 heavy (non-hydrogen) atoms. The Hall–Kier alpha value is -1.99. The van der Waals surface area contributed by atoms with Gasteiger partial charge in [0.25, 0.3) is 0 Å². The van der Waals surface area contributed by atoms with Crippen molar-refractivity contribution in [3.8, 4) is 5.69 Å². The van der Waals surface area contributed by atoms with Gasteiger partial charge in [-0.2, -0.15) is 0 Å². The lowest BCUT2D eigenvalue weighted by atomic mass is 10.1. The van der Waals surface area contributed by atoms with Crippen LogP contribution in [0.3, 0.4) is 0 Å². The molecule has 0 bridgehead atoms. The van der Waals surface area contributed by atoms with Crippen molar-refractivity contribution in [2.75, 3.05) is 0 Å². The SMILES string of the molecule is CC(C)[C@H](Sc1nccn1-c1ccc(Cl)cc1)C(=O)NC(N)=O. The van der Waals surface area contributed by atoms with E-state index < -0.39 is 17.2 Å². The van der Waals surface area contributed by atoms with E-state index in [9.17, 15) is 9.59 Å². The van der Waals surface area contributed by atoms with E-state index in [0.29, 0.717) is 10.2 Å². The first-order chi connectivity index (χ1) is 10.9. The summed E-state index contributed by atoms with van der Waals surface area (Å²) in [4.78, 5) is 27.3. The van der Waals surface area contributed by atoms with Crippen molar-refractivity contribution < 1.29 is 9.59 Å². The summed E-state index contributed by atoms with van der Waals surface area (Å²) in [7, 11) is 0. The molecule has 3 N–H and O–H groups in total. The maximum Gasteiger partial charge on any atom is 0.318 e. The molecular formula is C15H17ClN4O2S. The van der Waals surface area contributed by atoms with Crippen molar-refractivity contribution in [3.63, 3.8) is 0 Å². The number of nitrogens with two attached hydrogens (primary N) is 1. The number of rotatable bonds is 5. The molecule has 0 unspecified atom stereocenters. The second-order valence-electron chi connectivity index (χ2n) is 5.19. The third-order valence-electron chi connectivity index (χ3n) is 3.05. The molecule has 0 aliphatic heterocycles. The van der Waals surface area contributed by atoms with E-state index in [4.69, 9.17) is 17.3 Å². The molecule has 0 spiro atoms. The van der Waals surface area contributed by atoms with Crippen molar-refractivity contribution in [1.29, 1.82) is 0 Å². The van der Waals surface area contributed by atoms with Gasteiger partial charge >= 0.3 is 6.03 Å². The number of hydrogen-bond acceptors (Lipinski definition) is 4. The molecule has 0 saturated carbocycles. The fourth-order valence-electron chi connectivity index (χ4n) is 1.97. The van der Waals surface area contributed by atoms with Gasteiger partial charge in [0.05, 0.1) is 5.25 Å². The first-order valence-electron chi connectivity index (χ1n) is 6.94. The third-order valence-corrected chi connectivity index (χ3v) is 4.83. The predicted octanol–water partition coefficient (Wildman–Crippen LogP) is 2.84. The number of nitrogens with zero attached hydrogens (tertiary/aromatic N) is 2. The summed E-state index contributed by atoms with van der Waals surface area (Å²) in [6, 6.07) is 6.43. The van der Waals surface area contributed by atoms with Crippen LogP contribution in [0.2, 0.25) is 5.02 Å². The minimum absolute atomic E-state index is 0.00489. The summed E-state index contributed by atoms with van der Waals surface area (Å²) >= 11 is 7.18. The van der Waals surface area contributed by atoms with Crippen LogP contribution in [-0.2, 0) is 4.79 Å². The largest absolute Gasteiger partial charge is 0.351 e. The van der Waals surface area contributed by atoms with E-state index in [-0.39, 0.29) is 5.92 Å². The van der Waals surface area contributed by atoms with Gasteiger partial charge in [0.1, 0.15) is 0 Å². The normalized spacial score (nSPS) is 12.2. The number of primary amides is 1. The lowest BCUT2D eigenvalue weighted by Gasteiger charge is -2.19. The topological polar surface area (TPSA) is 90.0 Å². The second kappa shape index (κ2) is 7.52. The Labute approximate surface area is 143 Å². The number of halogens is 1. The lowest BCUT2D eigenvalue weighted by Crippen LogP contribution is -2.42. The van der Waals surface area contributed by atoms with Crippen molar-refractivity contribution in [1.82, 2.24) is 14.9 Å². The number of nitrogens with one attached hydrogen (secondary N) is 1. The molecule has 0 radical (unpaired) electrons. The summed E-state index contributed by atoms with van der Waals surface area (Å²) in [5, 5.41) is 2.92. The Bertz CT molecular complexity index is 700. The van der Waals surface area contributed by atoms with Crippen molar-refractivity contribution in [2.24, 2.45) is 11.7 Å². The molecule has 0 aliphatic rings. The van der Waals surface area contributed by atoms with Crippen LogP contribution in [0.5, 0.6) is 0 Å².